The number of methoxy groups -OCH3 is 1. The zero-order chi connectivity index (χ0) is 26.0. The second-order valence-corrected chi connectivity index (χ2v) is 10.3. The number of nitrogens with zero attached hydrogens (tertiary/aromatic N) is 2. The lowest BCUT2D eigenvalue weighted by Gasteiger charge is -2.33. The fraction of sp³-hybridized carbons (Fsp3) is 0.538. The van der Waals surface area contributed by atoms with Crippen molar-refractivity contribution < 1.29 is 24.2 Å². The van der Waals surface area contributed by atoms with E-state index >= 15 is 0 Å². The Morgan fingerprint density at radius 1 is 1.22 bits per heavy atom. The van der Waals surface area contributed by atoms with Crippen molar-refractivity contribution in [3.05, 3.63) is 41.0 Å². The molecule has 1 aromatic rings. The number of rotatable bonds is 6. The number of carbonyl (C=O) groups is 3. The van der Waals surface area contributed by atoms with Gasteiger partial charge >= 0.3 is 12.2 Å². The Balaban J connectivity index is 1.70. The summed E-state index contributed by atoms with van der Waals surface area (Å²) in [7, 11) is 1.37. The van der Waals surface area contributed by atoms with E-state index < -0.39 is 18.2 Å². The summed E-state index contributed by atoms with van der Waals surface area (Å²) in [6.45, 7) is 5.19. The van der Waals surface area contributed by atoms with E-state index in [1.165, 1.54) is 12.0 Å². The Bertz CT molecular complexity index is 1070. The molecule has 0 spiro atoms. The molecule has 2 amide bonds. The highest BCUT2D eigenvalue weighted by atomic mass is 32.1. The van der Waals surface area contributed by atoms with E-state index in [9.17, 15) is 19.5 Å². The van der Waals surface area contributed by atoms with Crippen LogP contribution in [0.5, 0.6) is 0 Å². The summed E-state index contributed by atoms with van der Waals surface area (Å²) in [5, 5.41) is 13.1. The van der Waals surface area contributed by atoms with Gasteiger partial charge in [-0.3, -0.25) is 9.69 Å². The summed E-state index contributed by atoms with van der Waals surface area (Å²) >= 11 is 5.08. The molecule has 2 heterocycles. The van der Waals surface area contributed by atoms with Gasteiger partial charge in [0.05, 0.1) is 19.7 Å². The van der Waals surface area contributed by atoms with Gasteiger partial charge in [-0.05, 0) is 59.7 Å². The van der Waals surface area contributed by atoms with Crippen LogP contribution < -0.4 is 11.1 Å². The first kappa shape index (κ1) is 25.9. The first-order chi connectivity index (χ1) is 17.3. The van der Waals surface area contributed by atoms with E-state index in [-0.39, 0.29) is 35.4 Å². The number of fused-ring (bicyclic) bond motifs is 1. The van der Waals surface area contributed by atoms with Crippen molar-refractivity contribution >= 4 is 41.4 Å². The van der Waals surface area contributed by atoms with Crippen LogP contribution >= 0.6 is 12.2 Å². The Hall–Kier alpha value is -3.14. The van der Waals surface area contributed by atoms with Gasteiger partial charge in [-0.25, -0.2) is 9.59 Å². The maximum atomic E-state index is 14.0. The molecule has 36 heavy (non-hydrogen) atoms. The number of amides is 2. The Kier molecular flexibility index (Phi) is 7.82. The summed E-state index contributed by atoms with van der Waals surface area (Å²) in [6, 6.07) is 2.22. The van der Waals surface area contributed by atoms with Crippen LogP contribution in [-0.2, 0) is 16.1 Å². The first-order valence-corrected chi connectivity index (χ1v) is 12.9. The van der Waals surface area contributed by atoms with Gasteiger partial charge in [0.25, 0.3) is 0 Å². The fourth-order valence-electron chi connectivity index (χ4n) is 6.16. The fourth-order valence-corrected chi connectivity index (χ4v) is 6.29. The lowest BCUT2D eigenvalue weighted by molar-refractivity contribution is -0.127. The zero-order valence-corrected chi connectivity index (χ0v) is 21.4. The minimum Gasteiger partial charge on any atom is -0.465 e. The Labute approximate surface area is 216 Å². The zero-order valence-electron chi connectivity index (χ0n) is 20.6. The number of nitrogens with one attached hydrogen (secondary N) is 1. The summed E-state index contributed by atoms with van der Waals surface area (Å²) in [5.74, 6) is -0.105. The van der Waals surface area contributed by atoms with Crippen molar-refractivity contribution in [1.29, 1.82) is 0 Å². The van der Waals surface area contributed by atoms with Crippen LogP contribution in [-0.4, -0.2) is 64.2 Å². The molecular weight excluding hydrogens is 480 g/mol. The standard InChI is InChI=1S/C26H34N4O5S/c1-3-17-18(16-11-12-29(13-16)26(34)35-2)9-10-19-20(17)14-30(25(32)33)22(19)23(31)21(28-24(27)36)15-7-5-4-6-8-15/h3,9-10,15-16,21-22H,1,4-8,11-14H2,2H3,(H,32,33)(H3,27,28,36)/t16?,21-,22?/m0/s1. The molecule has 0 bridgehead atoms. The number of ketones is 1. The molecule has 1 aliphatic carbocycles. The van der Waals surface area contributed by atoms with Crippen LogP contribution in [0.15, 0.2) is 18.7 Å². The molecule has 10 heteroatoms. The predicted octanol–water partition coefficient (Wildman–Crippen LogP) is 3.77. The van der Waals surface area contributed by atoms with Gasteiger partial charge in [-0.15, -0.1) is 0 Å². The summed E-state index contributed by atoms with van der Waals surface area (Å²) in [5.41, 5.74) is 9.09. The van der Waals surface area contributed by atoms with Crippen molar-refractivity contribution in [2.24, 2.45) is 11.7 Å². The van der Waals surface area contributed by atoms with Crippen LogP contribution in [0.25, 0.3) is 6.08 Å². The maximum Gasteiger partial charge on any atom is 0.409 e. The predicted molar refractivity (Wildman–Crippen MR) is 139 cm³/mol. The van der Waals surface area contributed by atoms with Crippen LogP contribution in [0, 0.1) is 5.92 Å². The van der Waals surface area contributed by atoms with E-state index in [0.29, 0.717) is 18.7 Å². The van der Waals surface area contributed by atoms with Gasteiger partial charge in [-0.1, -0.05) is 44.1 Å². The molecule has 4 rings (SSSR count). The molecule has 9 nitrogen and oxygen atoms in total. The molecule has 0 aromatic heterocycles. The highest BCUT2D eigenvalue weighted by Crippen LogP contribution is 2.42. The van der Waals surface area contributed by atoms with Crippen molar-refractivity contribution in [3.63, 3.8) is 0 Å². The molecule has 2 fully saturated rings. The molecule has 1 saturated carbocycles. The second kappa shape index (κ2) is 10.9. The molecule has 3 atom stereocenters. The van der Waals surface area contributed by atoms with E-state index in [2.05, 4.69) is 11.9 Å². The number of ether oxygens (including phenoxy) is 1. The number of hydrogen-bond acceptors (Lipinski definition) is 5. The SMILES string of the molecule is C=Cc1c(C2CCN(C(=O)OC)C2)ccc2c1CN(C(=O)O)C2C(=O)[C@@H](NC(N)=S)C1CCCCC1. The van der Waals surface area contributed by atoms with Gasteiger partial charge in [0, 0.05) is 19.0 Å². The van der Waals surface area contributed by atoms with Crippen molar-refractivity contribution in [2.45, 2.75) is 63.1 Å². The van der Waals surface area contributed by atoms with E-state index in [1.54, 1.807) is 11.0 Å². The number of benzene rings is 1. The number of nitrogens with two attached hydrogens (primary N) is 1. The molecule has 0 radical (unpaired) electrons. The van der Waals surface area contributed by atoms with E-state index in [0.717, 1.165) is 55.2 Å². The highest BCUT2D eigenvalue weighted by molar-refractivity contribution is 7.80. The molecule has 3 aliphatic rings. The molecular formula is C26H34N4O5S. The van der Waals surface area contributed by atoms with Crippen LogP contribution in [0.3, 0.4) is 0 Å². The van der Waals surface area contributed by atoms with Crippen LogP contribution in [0.4, 0.5) is 9.59 Å². The van der Waals surface area contributed by atoms with Crippen molar-refractivity contribution in [1.82, 2.24) is 15.1 Å². The maximum absolute atomic E-state index is 14.0. The van der Waals surface area contributed by atoms with Crippen molar-refractivity contribution in [3.8, 4) is 0 Å². The number of thiocarbonyl (C=S) groups is 1. The smallest absolute Gasteiger partial charge is 0.409 e. The molecule has 1 saturated heterocycles. The quantitative estimate of drug-likeness (QED) is 0.490. The largest absolute Gasteiger partial charge is 0.465 e. The number of likely N-dealkylation sites (tertiary alicyclic amines) is 1. The average molecular weight is 515 g/mol. The third kappa shape index (κ3) is 4.91. The van der Waals surface area contributed by atoms with Crippen LogP contribution in [0.1, 0.15) is 72.7 Å². The lowest BCUT2D eigenvalue weighted by Crippen LogP contribution is -2.52. The summed E-state index contributed by atoms with van der Waals surface area (Å²) < 4.78 is 4.86. The van der Waals surface area contributed by atoms with E-state index in [4.69, 9.17) is 22.7 Å². The van der Waals surface area contributed by atoms with Gasteiger partial charge in [0.1, 0.15) is 6.04 Å². The topological polar surface area (TPSA) is 125 Å². The molecule has 2 unspecified atom stereocenters. The van der Waals surface area contributed by atoms with Crippen molar-refractivity contribution in [2.75, 3.05) is 20.2 Å². The Morgan fingerprint density at radius 3 is 2.53 bits per heavy atom. The third-order valence-corrected chi connectivity index (χ3v) is 7.99. The minimum atomic E-state index is -1.16. The molecule has 2 aliphatic heterocycles. The summed E-state index contributed by atoms with van der Waals surface area (Å²) in [4.78, 5) is 41.2. The minimum absolute atomic E-state index is 0.0394. The summed E-state index contributed by atoms with van der Waals surface area (Å²) in [6.07, 6.45) is 5.88. The number of carboxylic acid groups (broad SMARTS) is 1. The third-order valence-electron chi connectivity index (χ3n) is 7.87. The van der Waals surface area contributed by atoms with Crippen LogP contribution in [0.2, 0.25) is 0 Å². The number of Topliss-reactive ketones (excluding diaryl/α,β-unsaturated/α-hetero) is 1. The highest BCUT2D eigenvalue weighted by Gasteiger charge is 2.45. The average Bonchev–Trinajstić information content (AvgIpc) is 3.51. The van der Waals surface area contributed by atoms with Gasteiger partial charge < -0.3 is 25.8 Å². The number of hydrogen-bond donors (Lipinski definition) is 3. The van der Waals surface area contributed by atoms with Gasteiger partial charge in [-0.2, -0.15) is 0 Å². The molecule has 4 N–H and O–H groups in total. The normalized spacial score (nSPS) is 22.6. The lowest BCUT2D eigenvalue weighted by atomic mass is 9.79. The van der Waals surface area contributed by atoms with Gasteiger partial charge in [0.15, 0.2) is 10.9 Å². The first-order valence-electron chi connectivity index (χ1n) is 12.5. The second-order valence-electron chi connectivity index (χ2n) is 9.84. The molecule has 194 valence electrons. The van der Waals surface area contributed by atoms with Gasteiger partial charge in [0.2, 0.25) is 0 Å². The number of carbonyl (C=O) groups excluding carboxylic acids is 2. The Morgan fingerprint density at radius 2 is 1.92 bits per heavy atom. The molecule has 1 aromatic carbocycles. The van der Waals surface area contributed by atoms with E-state index in [1.807, 2.05) is 12.1 Å². The monoisotopic (exact) mass is 514 g/mol.